The van der Waals surface area contributed by atoms with Crippen LogP contribution < -0.4 is 10.6 Å². The van der Waals surface area contributed by atoms with Crippen LogP contribution in [-0.4, -0.2) is 76.2 Å². The summed E-state index contributed by atoms with van der Waals surface area (Å²) in [6.07, 6.45) is 4.63. The molecule has 0 aromatic heterocycles. The van der Waals surface area contributed by atoms with Crippen molar-refractivity contribution in [3.63, 3.8) is 0 Å². The number of nitrogens with zero attached hydrogens (tertiary/aromatic N) is 2. The van der Waals surface area contributed by atoms with Crippen LogP contribution in [-0.2, 0) is 9.59 Å². The third kappa shape index (κ3) is 3.52. The highest BCUT2D eigenvalue weighted by Crippen LogP contribution is 2.53. The average Bonchev–Trinajstić information content (AvgIpc) is 3.04. The number of carbonyl (C=O) groups is 5. The SMILES string of the molecule is CN(C(=O)O)C1CCC2(CC1)CC(Nc1cccc3c1C(=O)N(C1C(=O)CCNC1=O)C3=O)C2. The van der Waals surface area contributed by atoms with E-state index in [4.69, 9.17) is 0 Å². The molecular formula is C24H28N4O6. The van der Waals surface area contributed by atoms with Gasteiger partial charge in [-0.2, -0.15) is 0 Å². The number of rotatable bonds is 4. The Labute approximate surface area is 196 Å². The summed E-state index contributed by atoms with van der Waals surface area (Å²) in [6.45, 7) is 0.209. The van der Waals surface area contributed by atoms with Crippen LogP contribution in [0.25, 0.3) is 0 Å². The quantitative estimate of drug-likeness (QED) is 0.453. The number of piperidine rings is 1. The smallest absolute Gasteiger partial charge is 0.407 e. The molecule has 10 nitrogen and oxygen atoms in total. The van der Waals surface area contributed by atoms with Crippen LogP contribution in [0.2, 0.25) is 0 Å². The lowest BCUT2D eigenvalue weighted by molar-refractivity contribution is -0.136. The molecule has 1 atom stereocenters. The Morgan fingerprint density at radius 2 is 1.85 bits per heavy atom. The van der Waals surface area contributed by atoms with E-state index in [2.05, 4.69) is 10.6 Å². The van der Waals surface area contributed by atoms with Crippen molar-refractivity contribution in [1.82, 2.24) is 15.1 Å². The van der Waals surface area contributed by atoms with Crippen LogP contribution in [0.1, 0.15) is 65.7 Å². The summed E-state index contributed by atoms with van der Waals surface area (Å²) in [5.74, 6) is -2.29. The molecule has 1 saturated heterocycles. The lowest BCUT2D eigenvalue weighted by atomic mass is 9.57. The fraction of sp³-hybridized carbons (Fsp3) is 0.542. The summed E-state index contributed by atoms with van der Waals surface area (Å²) < 4.78 is 0. The van der Waals surface area contributed by atoms with Gasteiger partial charge in [-0.3, -0.25) is 24.1 Å². The molecule has 4 amide bonds. The first-order valence-corrected chi connectivity index (χ1v) is 11.7. The van der Waals surface area contributed by atoms with Crippen molar-refractivity contribution in [2.45, 2.75) is 63.1 Å². The molecule has 4 aliphatic rings. The topological polar surface area (TPSA) is 136 Å². The number of amides is 4. The van der Waals surface area contributed by atoms with E-state index < -0.39 is 35.6 Å². The predicted molar refractivity (Wildman–Crippen MR) is 120 cm³/mol. The molecule has 1 unspecified atom stereocenters. The van der Waals surface area contributed by atoms with Gasteiger partial charge in [-0.05, 0) is 56.1 Å². The Balaban J connectivity index is 1.27. The summed E-state index contributed by atoms with van der Waals surface area (Å²) >= 11 is 0. The van der Waals surface area contributed by atoms with Crippen molar-refractivity contribution in [3.05, 3.63) is 29.3 Å². The van der Waals surface area contributed by atoms with Crippen molar-refractivity contribution in [3.8, 4) is 0 Å². The zero-order valence-electron chi connectivity index (χ0n) is 19.0. The number of ketones is 1. The van der Waals surface area contributed by atoms with Gasteiger partial charge >= 0.3 is 6.09 Å². The third-order valence-electron chi connectivity index (χ3n) is 8.01. The van der Waals surface area contributed by atoms with E-state index in [-0.39, 0.29) is 41.6 Å². The lowest BCUT2D eigenvalue weighted by Crippen LogP contribution is -2.57. The van der Waals surface area contributed by atoms with Crippen LogP contribution in [0.5, 0.6) is 0 Å². The number of nitrogens with one attached hydrogen (secondary N) is 2. The fourth-order valence-electron chi connectivity index (χ4n) is 6.08. The van der Waals surface area contributed by atoms with Gasteiger partial charge < -0.3 is 20.6 Å². The van der Waals surface area contributed by atoms with Crippen molar-refractivity contribution < 1.29 is 29.1 Å². The minimum atomic E-state index is -1.42. The fourth-order valence-corrected chi connectivity index (χ4v) is 6.08. The number of imide groups is 1. The maximum absolute atomic E-state index is 13.2. The molecular weight excluding hydrogens is 440 g/mol. The molecule has 34 heavy (non-hydrogen) atoms. The first kappa shape index (κ1) is 22.4. The highest BCUT2D eigenvalue weighted by atomic mass is 16.4. The van der Waals surface area contributed by atoms with Gasteiger partial charge in [0, 0.05) is 37.8 Å². The molecule has 1 aromatic carbocycles. The van der Waals surface area contributed by atoms with Crippen LogP contribution in [0.3, 0.4) is 0 Å². The van der Waals surface area contributed by atoms with Gasteiger partial charge in [0.05, 0.1) is 11.1 Å². The molecule has 2 saturated carbocycles. The van der Waals surface area contributed by atoms with E-state index in [0.29, 0.717) is 5.69 Å². The molecule has 0 bridgehead atoms. The first-order chi connectivity index (χ1) is 16.2. The minimum absolute atomic E-state index is 0.0573. The largest absolute Gasteiger partial charge is 0.465 e. The molecule has 5 rings (SSSR count). The highest BCUT2D eigenvalue weighted by Gasteiger charge is 2.50. The number of carboxylic acid groups (broad SMARTS) is 1. The Kier molecular flexibility index (Phi) is 5.33. The van der Waals surface area contributed by atoms with Crippen LogP contribution in [0.4, 0.5) is 10.5 Å². The average molecular weight is 469 g/mol. The van der Waals surface area contributed by atoms with E-state index in [1.54, 1.807) is 25.2 Å². The highest BCUT2D eigenvalue weighted by molar-refractivity contribution is 6.28. The molecule has 1 spiro atoms. The summed E-state index contributed by atoms with van der Waals surface area (Å²) in [5, 5.41) is 15.2. The summed E-state index contributed by atoms with van der Waals surface area (Å²) in [7, 11) is 1.62. The molecule has 0 radical (unpaired) electrons. The molecule has 2 aliphatic carbocycles. The maximum atomic E-state index is 13.2. The van der Waals surface area contributed by atoms with Crippen molar-refractivity contribution in [2.24, 2.45) is 5.41 Å². The van der Waals surface area contributed by atoms with Crippen molar-refractivity contribution >= 4 is 35.3 Å². The number of anilines is 1. The van der Waals surface area contributed by atoms with E-state index in [0.717, 1.165) is 43.4 Å². The zero-order valence-corrected chi connectivity index (χ0v) is 19.0. The summed E-state index contributed by atoms with van der Waals surface area (Å²) in [6, 6.07) is 3.77. The second-order valence-electron chi connectivity index (χ2n) is 9.99. The second kappa shape index (κ2) is 8.11. The minimum Gasteiger partial charge on any atom is -0.465 e. The van der Waals surface area contributed by atoms with Gasteiger partial charge in [0.25, 0.3) is 17.7 Å². The standard InChI is InChI=1S/C24H28N4O6/c1-27(23(33)34)14-5-8-24(9-6-14)11-13(12-24)26-16-4-2-3-15-18(16)22(32)28(21(15)31)19-17(29)7-10-25-20(19)30/h2-4,13-14,19,26H,5-12H2,1H3,(H,25,30)(H,33,34). The van der Waals surface area contributed by atoms with Crippen LogP contribution in [0, 0.1) is 5.41 Å². The van der Waals surface area contributed by atoms with E-state index in [9.17, 15) is 29.1 Å². The molecule has 2 aliphatic heterocycles. The monoisotopic (exact) mass is 468 g/mol. The molecule has 180 valence electrons. The van der Waals surface area contributed by atoms with Crippen molar-refractivity contribution in [1.29, 1.82) is 0 Å². The normalized spacial score (nSPS) is 30.6. The third-order valence-corrected chi connectivity index (χ3v) is 8.01. The van der Waals surface area contributed by atoms with Gasteiger partial charge in [0.2, 0.25) is 0 Å². The second-order valence-corrected chi connectivity index (χ2v) is 9.99. The van der Waals surface area contributed by atoms with Gasteiger partial charge in [-0.15, -0.1) is 0 Å². The molecule has 2 heterocycles. The van der Waals surface area contributed by atoms with E-state index in [1.807, 2.05) is 0 Å². The van der Waals surface area contributed by atoms with Crippen LogP contribution >= 0.6 is 0 Å². The lowest BCUT2D eigenvalue weighted by Gasteiger charge is -2.52. The van der Waals surface area contributed by atoms with Crippen LogP contribution in [0.15, 0.2) is 18.2 Å². The van der Waals surface area contributed by atoms with Crippen molar-refractivity contribution in [2.75, 3.05) is 18.9 Å². The number of benzene rings is 1. The Morgan fingerprint density at radius 3 is 2.50 bits per heavy atom. The number of hydrogen-bond donors (Lipinski definition) is 3. The zero-order chi connectivity index (χ0) is 24.2. The summed E-state index contributed by atoms with van der Waals surface area (Å²) in [5.41, 5.74) is 1.14. The first-order valence-electron chi connectivity index (χ1n) is 11.7. The molecule has 10 heteroatoms. The predicted octanol–water partition coefficient (Wildman–Crippen LogP) is 1.85. The number of fused-ring (bicyclic) bond motifs is 1. The molecule has 1 aromatic rings. The molecule has 3 fully saturated rings. The van der Waals surface area contributed by atoms with Gasteiger partial charge in [-0.25, -0.2) is 4.79 Å². The maximum Gasteiger partial charge on any atom is 0.407 e. The number of carbonyl (C=O) groups excluding carboxylic acids is 4. The summed E-state index contributed by atoms with van der Waals surface area (Å²) in [4.78, 5) is 64.3. The van der Waals surface area contributed by atoms with Gasteiger partial charge in [0.1, 0.15) is 0 Å². The van der Waals surface area contributed by atoms with E-state index >= 15 is 0 Å². The number of Topliss-reactive ketones (excluding diaryl/α,β-unsaturated/α-hetero) is 1. The van der Waals surface area contributed by atoms with E-state index in [1.165, 1.54) is 4.90 Å². The van der Waals surface area contributed by atoms with Gasteiger partial charge in [-0.1, -0.05) is 6.07 Å². The molecule has 3 N–H and O–H groups in total. The number of hydrogen-bond acceptors (Lipinski definition) is 6. The Morgan fingerprint density at radius 1 is 1.15 bits per heavy atom. The Bertz CT molecular complexity index is 1070. The Hall–Kier alpha value is -3.43. The van der Waals surface area contributed by atoms with Gasteiger partial charge in [0.15, 0.2) is 11.8 Å².